The first-order valence-electron chi connectivity index (χ1n) is 6.40. The van der Waals surface area contributed by atoms with Gasteiger partial charge in [0.25, 0.3) is 15.9 Å². The van der Waals surface area contributed by atoms with Crippen molar-refractivity contribution >= 4 is 33.2 Å². The molecule has 0 atom stereocenters. The number of hydrogen-bond acceptors (Lipinski definition) is 3. The van der Waals surface area contributed by atoms with Crippen molar-refractivity contribution in [1.82, 2.24) is 4.90 Å². The molecule has 0 heterocycles. The molecule has 0 aromatic heterocycles. The first-order chi connectivity index (χ1) is 10.3. The molecule has 1 N–H and O–H groups in total. The number of benzene rings is 2. The Balaban J connectivity index is 2.22. The minimum Gasteiger partial charge on any atom is -0.345 e. The number of nitrogens with one attached hydrogen (secondary N) is 1. The molecular weight excluding hydrogens is 324 g/mol. The maximum Gasteiger partial charge on any atom is 0.261 e. The van der Waals surface area contributed by atoms with E-state index in [9.17, 15) is 13.2 Å². The highest BCUT2D eigenvalue weighted by Gasteiger charge is 2.15. The molecule has 0 saturated heterocycles. The quantitative estimate of drug-likeness (QED) is 0.932. The number of carbonyl (C=O) groups is 1. The fraction of sp³-hybridized carbons (Fsp3) is 0.133. The molecule has 22 heavy (non-hydrogen) atoms. The van der Waals surface area contributed by atoms with Crippen LogP contribution in [-0.4, -0.2) is 33.3 Å². The Morgan fingerprint density at radius 1 is 1.09 bits per heavy atom. The van der Waals surface area contributed by atoms with Gasteiger partial charge in [0, 0.05) is 30.4 Å². The lowest BCUT2D eigenvalue weighted by Gasteiger charge is -2.11. The van der Waals surface area contributed by atoms with Crippen LogP contribution < -0.4 is 4.72 Å². The molecule has 0 aliphatic rings. The third-order valence-corrected chi connectivity index (χ3v) is 4.51. The molecule has 2 aromatic carbocycles. The van der Waals surface area contributed by atoms with Gasteiger partial charge in [-0.3, -0.25) is 9.52 Å². The van der Waals surface area contributed by atoms with Crippen LogP contribution in [0.15, 0.2) is 53.4 Å². The maximum absolute atomic E-state index is 12.2. The zero-order chi connectivity index (χ0) is 16.3. The molecule has 2 aromatic rings. The monoisotopic (exact) mass is 338 g/mol. The van der Waals surface area contributed by atoms with Gasteiger partial charge in [-0.1, -0.05) is 17.7 Å². The summed E-state index contributed by atoms with van der Waals surface area (Å²) in [6.07, 6.45) is 0. The first-order valence-corrected chi connectivity index (χ1v) is 8.26. The second kappa shape index (κ2) is 6.37. The van der Waals surface area contributed by atoms with Crippen LogP contribution in [0.4, 0.5) is 5.69 Å². The summed E-state index contributed by atoms with van der Waals surface area (Å²) in [6, 6.07) is 12.2. The molecular formula is C15H15ClN2O3S. The molecule has 0 fully saturated rings. The second-order valence-corrected chi connectivity index (χ2v) is 6.96. The molecule has 116 valence electrons. The SMILES string of the molecule is CN(C)C(=O)c1ccc(NS(=O)(=O)c2cccc(Cl)c2)cc1. The lowest BCUT2D eigenvalue weighted by atomic mass is 10.2. The topological polar surface area (TPSA) is 66.5 Å². The van der Waals surface area contributed by atoms with Gasteiger partial charge in [0.15, 0.2) is 0 Å². The second-order valence-electron chi connectivity index (χ2n) is 4.84. The number of halogens is 1. The van der Waals surface area contributed by atoms with Gasteiger partial charge in [0.05, 0.1) is 4.90 Å². The van der Waals surface area contributed by atoms with Crippen LogP contribution in [0, 0.1) is 0 Å². The summed E-state index contributed by atoms with van der Waals surface area (Å²) in [6.45, 7) is 0. The molecule has 0 aliphatic carbocycles. The van der Waals surface area contributed by atoms with Gasteiger partial charge < -0.3 is 4.90 Å². The van der Waals surface area contributed by atoms with E-state index in [0.29, 0.717) is 16.3 Å². The molecule has 5 nitrogen and oxygen atoms in total. The van der Waals surface area contributed by atoms with E-state index >= 15 is 0 Å². The highest BCUT2D eigenvalue weighted by molar-refractivity contribution is 7.92. The predicted octanol–water partition coefficient (Wildman–Crippen LogP) is 2.84. The van der Waals surface area contributed by atoms with Crippen molar-refractivity contribution in [3.8, 4) is 0 Å². The van der Waals surface area contributed by atoms with Gasteiger partial charge in [-0.25, -0.2) is 8.42 Å². The molecule has 0 aliphatic heterocycles. The highest BCUT2D eigenvalue weighted by atomic mass is 35.5. The molecule has 7 heteroatoms. The summed E-state index contributed by atoms with van der Waals surface area (Å²) in [4.78, 5) is 13.3. The van der Waals surface area contributed by atoms with Crippen LogP contribution in [0.5, 0.6) is 0 Å². The average molecular weight is 339 g/mol. The Labute approximate surface area is 134 Å². The smallest absolute Gasteiger partial charge is 0.261 e. The largest absolute Gasteiger partial charge is 0.345 e. The van der Waals surface area contributed by atoms with Crippen LogP contribution >= 0.6 is 11.6 Å². The van der Waals surface area contributed by atoms with Crippen LogP contribution in [0.3, 0.4) is 0 Å². The minimum atomic E-state index is -3.72. The number of anilines is 1. The van der Waals surface area contributed by atoms with Crippen LogP contribution in [0.1, 0.15) is 10.4 Å². The molecule has 0 radical (unpaired) electrons. The normalized spacial score (nSPS) is 11.0. The number of rotatable bonds is 4. The Morgan fingerprint density at radius 3 is 2.27 bits per heavy atom. The van der Waals surface area contributed by atoms with E-state index in [1.807, 2.05) is 0 Å². The van der Waals surface area contributed by atoms with Crippen molar-refractivity contribution in [2.45, 2.75) is 4.90 Å². The third kappa shape index (κ3) is 3.78. The molecule has 0 bridgehead atoms. The number of sulfonamides is 1. The van der Waals surface area contributed by atoms with Crippen LogP contribution in [-0.2, 0) is 10.0 Å². The van der Waals surface area contributed by atoms with Gasteiger partial charge in [-0.2, -0.15) is 0 Å². The molecule has 1 amide bonds. The van der Waals surface area contributed by atoms with Crippen molar-refractivity contribution < 1.29 is 13.2 Å². The Hall–Kier alpha value is -2.05. The lowest BCUT2D eigenvalue weighted by molar-refractivity contribution is 0.0827. The summed E-state index contributed by atoms with van der Waals surface area (Å²) in [7, 11) is -0.413. The van der Waals surface area contributed by atoms with E-state index < -0.39 is 10.0 Å². The van der Waals surface area contributed by atoms with Gasteiger partial charge >= 0.3 is 0 Å². The summed E-state index contributed by atoms with van der Waals surface area (Å²) < 4.78 is 26.9. The standard InChI is InChI=1S/C15H15ClN2O3S/c1-18(2)15(19)11-6-8-13(9-7-11)17-22(20,21)14-5-3-4-12(16)10-14/h3-10,17H,1-2H3. The van der Waals surface area contributed by atoms with Gasteiger partial charge in [0.1, 0.15) is 0 Å². The van der Waals surface area contributed by atoms with Gasteiger partial charge in [-0.05, 0) is 42.5 Å². The van der Waals surface area contributed by atoms with Gasteiger partial charge in [-0.15, -0.1) is 0 Å². The first kappa shape index (κ1) is 16.3. The Kier molecular flexibility index (Phi) is 4.73. The van der Waals surface area contributed by atoms with Crippen molar-refractivity contribution in [3.63, 3.8) is 0 Å². The fourth-order valence-electron chi connectivity index (χ4n) is 1.79. The molecule has 0 unspecified atom stereocenters. The molecule has 0 spiro atoms. The van der Waals surface area contributed by atoms with Crippen molar-refractivity contribution in [1.29, 1.82) is 0 Å². The summed E-state index contributed by atoms with van der Waals surface area (Å²) in [5, 5.41) is 0.342. The number of amides is 1. The third-order valence-electron chi connectivity index (χ3n) is 2.90. The Bertz CT molecular complexity index is 787. The average Bonchev–Trinajstić information content (AvgIpc) is 2.47. The molecule has 0 saturated carbocycles. The van der Waals surface area contributed by atoms with Gasteiger partial charge in [0.2, 0.25) is 0 Å². The van der Waals surface area contributed by atoms with E-state index in [0.717, 1.165) is 0 Å². The molecule has 2 rings (SSSR count). The fourth-order valence-corrected chi connectivity index (χ4v) is 3.15. The van der Waals surface area contributed by atoms with E-state index in [4.69, 9.17) is 11.6 Å². The summed E-state index contributed by atoms with van der Waals surface area (Å²) in [5.41, 5.74) is 0.853. The zero-order valence-electron chi connectivity index (χ0n) is 12.1. The lowest BCUT2D eigenvalue weighted by Crippen LogP contribution is -2.21. The van der Waals surface area contributed by atoms with Crippen molar-refractivity contribution in [3.05, 3.63) is 59.1 Å². The van der Waals surface area contributed by atoms with E-state index in [1.54, 1.807) is 50.5 Å². The minimum absolute atomic E-state index is 0.0773. The number of hydrogen-bond donors (Lipinski definition) is 1. The van der Waals surface area contributed by atoms with E-state index in [2.05, 4.69) is 4.72 Å². The highest BCUT2D eigenvalue weighted by Crippen LogP contribution is 2.19. The predicted molar refractivity (Wildman–Crippen MR) is 86.7 cm³/mol. The number of nitrogens with zero attached hydrogens (tertiary/aromatic N) is 1. The summed E-state index contributed by atoms with van der Waals surface area (Å²) >= 11 is 5.80. The van der Waals surface area contributed by atoms with E-state index in [1.165, 1.54) is 17.0 Å². The van der Waals surface area contributed by atoms with Crippen LogP contribution in [0.2, 0.25) is 5.02 Å². The summed E-state index contributed by atoms with van der Waals surface area (Å²) in [5.74, 6) is -0.149. The van der Waals surface area contributed by atoms with E-state index in [-0.39, 0.29) is 10.8 Å². The zero-order valence-corrected chi connectivity index (χ0v) is 13.6. The van der Waals surface area contributed by atoms with Crippen molar-refractivity contribution in [2.24, 2.45) is 0 Å². The number of carbonyl (C=O) groups excluding carboxylic acids is 1. The maximum atomic E-state index is 12.2. The Morgan fingerprint density at radius 2 is 1.73 bits per heavy atom. The van der Waals surface area contributed by atoms with Crippen molar-refractivity contribution in [2.75, 3.05) is 18.8 Å². The van der Waals surface area contributed by atoms with Crippen LogP contribution in [0.25, 0.3) is 0 Å².